The molecule has 0 saturated carbocycles. The molecule has 21 heavy (non-hydrogen) atoms. The van der Waals surface area contributed by atoms with Crippen LogP contribution in [-0.4, -0.2) is 43.7 Å². The molecule has 0 aliphatic carbocycles. The van der Waals surface area contributed by atoms with Crippen LogP contribution in [0.25, 0.3) is 0 Å². The Morgan fingerprint density at radius 3 is 2.62 bits per heavy atom. The summed E-state index contributed by atoms with van der Waals surface area (Å²) in [6.45, 7) is 7.81. The molecule has 118 valence electrons. The fourth-order valence-corrected chi connectivity index (χ4v) is 3.47. The van der Waals surface area contributed by atoms with Crippen molar-refractivity contribution in [2.24, 2.45) is 5.73 Å². The van der Waals surface area contributed by atoms with Gasteiger partial charge in [0.25, 0.3) is 0 Å². The summed E-state index contributed by atoms with van der Waals surface area (Å²) in [5.41, 5.74) is 8.43. The van der Waals surface area contributed by atoms with E-state index >= 15 is 0 Å². The molecular formula is C17H28ClN3. The molecule has 1 atom stereocenters. The van der Waals surface area contributed by atoms with Crippen molar-refractivity contribution in [3.8, 4) is 0 Å². The van der Waals surface area contributed by atoms with E-state index in [2.05, 4.69) is 29.8 Å². The molecule has 1 aliphatic rings. The number of halogens is 1. The van der Waals surface area contributed by atoms with Gasteiger partial charge in [0, 0.05) is 42.9 Å². The zero-order valence-corrected chi connectivity index (χ0v) is 14.2. The highest BCUT2D eigenvalue weighted by Gasteiger charge is 2.23. The SMILES string of the molecule is CCN1CCC(N(C)c2cccc(Cl)c2CC(C)N)CC1. The van der Waals surface area contributed by atoms with Crippen molar-refractivity contribution in [1.82, 2.24) is 4.90 Å². The quantitative estimate of drug-likeness (QED) is 0.907. The van der Waals surface area contributed by atoms with Crippen molar-refractivity contribution in [2.45, 2.75) is 45.2 Å². The first-order valence-electron chi connectivity index (χ1n) is 8.01. The minimum Gasteiger partial charge on any atom is -0.371 e. The minimum absolute atomic E-state index is 0.124. The molecule has 1 saturated heterocycles. The number of anilines is 1. The molecule has 1 heterocycles. The largest absolute Gasteiger partial charge is 0.371 e. The predicted octanol–water partition coefficient (Wildman–Crippen LogP) is 3.15. The first-order valence-corrected chi connectivity index (χ1v) is 8.38. The molecule has 4 heteroatoms. The summed E-state index contributed by atoms with van der Waals surface area (Å²) in [6.07, 6.45) is 3.26. The van der Waals surface area contributed by atoms with E-state index in [0.29, 0.717) is 6.04 Å². The van der Waals surface area contributed by atoms with Gasteiger partial charge in [-0.2, -0.15) is 0 Å². The summed E-state index contributed by atoms with van der Waals surface area (Å²) in [6, 6.07) is 6.91. The maximum atomic E-state index is 6.41. The number of nitrogens with two attached hydrogens (primary N) is 1. The molecule has 2 N–H and O–H groups in total. The van der Waals surface area contributed by atoms with E-state index in [0.717, 1.165) is 18.0 Å². The lowest BCUT2D eigenvalue weighted by Gasteiger charge is -2.38. The minimum atomic E-state index is 0.124. The summed E-state index contributed by atoms with van der Waals surface area (Å²) < 4.78 is 0. The van der Waals surface area contributed by atoms with Crippen LogP contribution < -0.4 is 10.6 Å². The van der Waals surface area contributed by atoms with E-state index in [1.165, 1.54) is 37.2 Å². The van der Waals surface area contributed by atoms with Crippen molar-refractivity contribution in [1.29, 1.82) is 0 Å². The van der Waals surface area contributed by atoms with Gasteiger partial charge in [-0.25, -0.2) is 0 Å². The zero-order valence-electron chi connectivity index (χ0n) is 13.5. The summed E-state index contributed by atoms with van der Waals surface area (Å²) in [4.78, 5) is 4.93. The fraction of sp³-hybridized carbons (Fsp3) is 0.647. The molecule has 3 nitrogen and oxygen atoms in total. The lowest BCUT2D eigenvalue weighted by atomic mass is 9.99. The van der Waals surface area contributed by atoms with Crippen LogP contribution in [0.4, 0.5) is 5.69 Å². The van der Waals surface area contributed by atoms with Gasteiger partial charge in [0.2, 0.25) is 0 Å². The van der Waals surface area contributed by atoms with Crippen LogP contribution in [0, 0.1) is 0 Å². The van der Waals surface area contributed by atoms with Crippen molar-refractivity contribution >= 4 is 17.3 Å². The first kappa shape index (κ1) is 16.6. The fourth-order valence-electron chi connectivity index (χ4n) is 3.22. The Labute approximate surface area is 134 Å². The van der Waals surface area contributed by atoms with E-state index in [-0.39, 0.29) is 6.04 Å². The molecule has 1 aromatic carbocycles. The first-order chi connectivity index (χ1) is 10.0. The van der Waals surface area contributed by atoms with Gasteiger partial charge >= 0.3 is 0 Å². The molecule has 1 aromatic rings. The van der Waals surface area contributed by atoms with Crippen LogP contribution in [0.1, 0.15) is 32.3 Å². The van der Waals surface area contributed by atoms with E-state index in [1.807, 2.05) is 19.1 Å². The number of hydrogen-bond donors (Lipinski definition) is 1. The molecule has 2 rings (SSSR count). The topological polar surface area (TPSA) is 32.5 Å². The number of hydrogen-bond acceptors (Lipinski definition) is 3. The molecule has 1 unspecified atom stereocenters. The highest BCUT2D eigenvalue weighted by Crippen LogP contribution is 2.31. The molecule has 0 amide bonds. The Morgan fingerprint density at radius 2 is 2.05 bits per heavy atom. The molecule has 0 spiro atoms. The van der Waals surface area contributed by atoms with E-state index in [4.69, 9.17) is 17.3 Å². The van der Waals surface area contributed by atoms with Crippen molar-refractivity contribution in [3.05, 3.63) is 28.8 Å². The molecule has 0 bridgehead atoms. The van der Waals surface area contributed by atoms with Gasteiger partial charge in [-0.1, -0.05) is 24.6 Å². The molecule has 0 aromatic heterocycles. The van der Waals surface area contributed by atoms with Gasteiger partial charge in [-0.3, -0.25) is 0 Å². The third-order valence-electron chi connectivity index (χ3n) is 4.55. The van der Waals surface area contributed by atoms with E-state index in [1.54, 1.807) is 0 Å². The Hall–Kier alpha value is -0.770. The van der Waals surface area contributed by atoms with E-state index in [9.17, 15) is 0 Å². The molecule has 1 fully saturated rings. The summed E-state index contributed by atoms with van der Waals surface area (Å²) in [5, 5.41) is 0.836. The molecule has 0 radical (unpaired) electrons. The van der Waals surface area contributed by atoms with Crippen molar-refractivity contribution < 1.29 is 0 Å². The van der Waals surface area contributed by atoms with Gasteiger partial charge in [-0.15, -0.1) is 0 Å². The van der Waals surface area contributed by atoms with Crippen molar-refractivity contribution in [3.63, 3.8) is 0 Å². The summed E-state index contributed by atoms with van der Waals surface area (Å²) in [5.74, 6) is 0. The predicted molar refractivity (Wildman–Crippen MR) is 92.3 cm³/mol. The zero-order chi connectivity index (χ0) is 15.4. The third kappa shape index (κ3) is 4.12. The number of piperidine rings is 1. The number of nitrogens with zero attached hydrogens (tertiary/aromatic N) is 2. The highest BCUT2D eigenvalue weighted by atomic mass is 35.5. The normalized spacial score (nSPS) is 18.7. The second-order valence-corrected chi connectivity index (χ2v) is 6.60. The van der Waals surface area contributed by atoms with Crippen LogP contribution in [0.3, 0.4) is 0 Å². The average Bonchev–Trinajstić information content (AvgIpc) is 2.48. The van der Waals surface area contributed by atoms with Gasteiger partial charge in [-0.05, 0) is 50.4 Å². The lowest BCUT2D eigenvalue weighted by molar-refractivity contribution is 0.221. The number of benzene rings is 1. The molecular weight excluding hydrogens is 282 g/mol. The van der Waals surface area contributed by atoms with Crippen LogP contribution in [0.15, 0.2) is 18.2 Å². The van der Waals surface area contributed by atoms with Crippen LogP contribution in [0.5, 0.6) is 0 Å². The van der Waals surface area contributed by atoms with Gasteiger partial charge in [0.05, 0.1) is 0 Å². The molecule has 1 aliphatic heterocycles. The Bertz CT molecular complexity index is 453. The smallest absolute Gasteiger partial charge is 0.0459 e. The van der Waals surface area contributed by atoms with Gasteiger partial charge in [0.1, 0.15) is 0 Å². The van der Waals surface area contributed by atoms with Gasteiger partial charge < -0.3 is 15.5 Å². The summed E-state index contributed by atoms with van der Waals surface area (Å²) >= 11 is 6.41. The maximum absolute atomic E-state index is 6.41. The van der Waals surface area contributed by atoms with Crippen LogP contribution >= 0.6 is 11.6 Å². The Balaban J connectivity index is 2.15. The second-order valence-electron chi connectivity index (χ2n) is 6.20. The Kier molecular flexibility index (Phi) is 5.91. The monoisotopic (exact) mass is 309 g/mol. The maximum Gasteiger partial charge on any atom is 0.0459 e. The van der Waals surface area contributed by atoms with E-state index < -0.39 is 0 Å². The summed E-state index contributed by atoms with van der Waals surface area (Å²) in [7, 11) is 2.20. The Morgan fingerprint density at radius 1 is 1.38 bits per heavy atom. The second kappa shape index (κ2) is 7.48. The third-order valence-corrected chi connectivity index (χ3v) is 4.91. The van der Waals surface area contributed by atoms with Crippen molar-refractivity contribution in [2.75, 3.05) is 31.6 Å². The number of rotatable bonds is 5. The number of likely N-dealkylation sites (tertiary alicyclic amines) is 1. The van der Waals surface area contributed by atoms with Crippen LogP contribution in [-0.2, 0) is 6.42 Å². The van der Waals surface area contributed by atoms with Gasteiger partial charge in [0.15, 0.2) is 0 Å². The average molecular weight is 310 g/mol. The highest BCUT2D eigenvalue weighted by molar-refractivity contribution is 6.31. The standard InChI is InChI=1S/C17H28ClN3/c1-4-21-10-8-14(9-11-21)20(3)17-7-5-6-16(18)15(17)12-13(2)19/h5-7,13-14H,4,8-12,19H2,1-3H3. The van der Waals surface area contributed by atoms with Crippen LogP contribution in [0.2, 0.25) is 5.02 Å². The lowest BCUT2D eigenvalue weighted by Crippen LogP contribution is -2.43.